The fourth-order valence-electron chi connectivity index (χ4n) is 0.455. The standard InChI is InChI=1S/C8H12O4/c1-3-6-12-8(10)5-4-7(9)11-2/h4-5H,3,6H2,1-2H3. The third kappa shape index (κ3) is 5.46. The molecule has 0 N–H and O–H groups in total. The smallest absolute Gasteiger partial charge is 0.331 e. The summed E-state index contributed by atoms with van der Waals surface area (Å²) in [6.07, 6.45) is 2.83. The Hall–Kier alpha value is -1.32. The zero-order chi connectivity index (χ0) is 9.40. The van der Waals surface area contributed by atoms with E-state index < -0.39 is 11.9 Å². The Morgan fingerprint density at radius 3 is 2.33 bits per heavy atom. The third-order valence-electron chi connectivity index (χ3n) is 1.01. The monoisotopic (exact) mass is 172 g/mol. The highest BCUT2D eigenvalue weighted by atomic mass is 16.5. The molecule has 0 heterocycles. The van der Waals surface area contributed by atoms with Gasteiger partial charge in [0.25, 0.3) is 0 Å². The zero-order valence-corrected chi connectivity index (χ0v) is 7.20. The van der Waals surface area contributed by atoms with Crippen molar-refractivity contribution in [3.05, 3.63) is 12.2 Å². The number of carbonyl (C=O) groups excluding carboxylic acids is 2. The summed E-state index contributed by atoms with van der Waals surface area (Å²) in [6.45, 7) is 2.25. The van der Waals surface area contributed by atoms with Crippen LogP contribution in [0.3, 0.4) is 0 Å². The Kier molecular flexibility index (Phi) is 5.69. The summed E-state index contributed by atoms with van der Waals surface area (Å²) < 4.78 is 8.92. The lowest BCUT2D eigenvalue weighted by atomic mass is 10.5. The van der Waals surface area contributed by atoms with Crippen LogP contribution in [0.25, 0.3) is 0 Å². The van der Waals surface area contributed by atoms with Crippen molar-refractivity contribution in [2.75, 3.05) is 13.7 Å². The molecule has 0 amide bonds. The summed E-state index contributed by atoms with van der Waals surface area (Å²) in [6, 6.07) is 0. The summed E-state index contributed by atoms with van der Waals surface area (Å²) in [5, 5.41) is 0. The van der Waals surface area contributed by atoms with Gasteiger partial charge in [-0.25, -0.2) is 9.59 Å². The second-order valence-electron chi connectivity index (χ2n) is 2.02. The largest absolute Gasteiger partial charge is 0.466 e. The third-order valence-corrected chi connectivity index (χ3v) is 1.01. The van der Waals surface area contributed by atoms with E-state index in [-0.39, 0.29) is 0 Å². The summed E-state index contributed by atoms with van der Waals surface area (Å²) in [5.74, 6) is -1.09. The van der Waals surface area contributed by atoms with Gasteiger partial charge in [-0.05, 0) is 6.42 Å². The molecule has 4 heteroatoms. The van der Waals surface area contributed by atoms with Crippen molar-refractivity contribution in [3.8, 4) is 0 Å². The van der Waals surface area contributed by atoms with Gasteiger partial charge in [0, 0.05) is 12.2 Å². The van der Waals surface area contributed by atoms with E-state index in [0.29, 0.717) is 6.61 Å². The van der Waals surface area contributed by atoms with Crippen LogP contribution in [0, 0.1) is 0 Å². The van der Waals surface area contributed by atoms with Crippen molar-refractivity contribution in [2.45, 2.75) is 13.3 Å². The summed E-state index contributed by atoms with van der Waals surface area (Å²) in [4.78, 5) is 21.2. The lowest BCUT2D eigenvalue weighted by Crippen LogP contribution is -2.03. The predicted octanol–water partition coefficient (Wildman–Crippen LogP) is 0.669. The molecule has 0 saturated carbocycles. The molecule has 68 valence electrons. The van der Waals surface area contributed by atoms with Crippen molar-refractivity contribution in [3.63, 3.8) is 0 Å². The second kappa shape index (κ2) is 6.39. The van der Waals surface area contributed by atoms with E-state index in [4.69, 9.17) is 0 Å². The molecule has 0 aliphatic heterocycles. The van der Waals surface area contributed by atoms with Gasteiger partial charge in [-0.1, -0.05) is 6.92 Å². The van der Waals surface area contributed by atoms with Gasteiger partial charge in [0.1, 0.15) is 0 Å². The quantitative estimate of drug-likeness (QED) is 0.462. The van der Waals surface area contributed by atoms with Gasteiger partial charge < -0.3 is 9.47 Å². The molecule has 0 atom stereocenters. The molecular weight excluding hydrogens is 160 g/mol. The maximum absolute atomic E-state index is 10.7. The van der Waals surface area contributed by atoms with Gasteiger partial charge in [0.05, 0.1) is 13.7 Å². The maximum Gasteiger partial charge on any atom is 0.331 e. The van der Waals surface area contributed by atoms with Crippen molar-refractivity contribution >= 4 is 11.9 Å². The van der Waals surface area contributed by atoms with Gasteiger partial charge >= 0.3 is 11.9 Å². The number of rotatable bonds is 4. The molecule has 0 spiro atoms. The van der Waals surface area contributed by atoms with Crippen LogP contribution in [-0.4, -0.2) is 25.7 Å². The molecule has 0 aliphatic carbocycles. The second-order valence-corrected chi connectivity index (χ2v) is 2.02. The van der Waals surface area contributed by atoms with Crippen LogP contribution < -0.4 is 0 Å². The molecule has 0 bridgehead atoms. The van der Waals surface area contributed by atoms with Crippen molar-refractivity contribution in [1.29, 1.82) is 0 Å². The van der Waals surface area contributed by atoms with E-state index in [2.05, 4.69) is 9.47 Å². The summed E-state index contributed by atoms with van der Waals surface area (Å²) in [5.41, 5.74) is 0. The molecule has 0 aromatic heterocycles. The van der Waals surface area contributed by atoms with Crippen molar-refractivity contribution in [1.82, 2.24) is 0 Å². The highest BCUT2D eigenvalue weighted by molar-refractivity contribution is 5.91. The first-order valence-electron chi connectivity index (χ1n) is 3.63. The van der Waals surface area contributed by atoms with E-state index >= 15 is 0 Å². The predicted molar refractivity (Wildman–Crippen MR) is 42.4 cm³/mol. The van der Waals surface area contributed by atoms with Gasteiger partial charge in [0.15, 0.2) is 0 Å². The fourth-order valence-corrected chi connectivity index (χ4v) is 0.455. The molecule has 0 aliphatic rings. The lowest BCUT2D eigenvalue weighted by molar-refractivity contribution is -0.139. The van der Waals surface area contributed by atoms with E-state index in [1.165, 1.54) is 7.11 Å². The van der Waals surface area contributed by atoms with Gasteiger partial charge in [0.2, 0.25) is 0 Å². The van der Waals surface area contributed by atoms with Crippen LogP contribution in [0.15, 0.2) is 12.2 Å². The molecule has 0 aromatic rings. The number of esters is 2. The Bertz CT molecular complexity index is 183. The molecular formula is C8H12O4. The van der Waals surface area contributed by atoms with Crippen molar-refractivity contribution < 1.29 is 19.1 Å². The summed E-state index contributed by atoms with van der Waals surface area (Å²) >= 11 is 0. The van der Waals surface area contributed by atoms with Crippen LogP contribution >= 0.6 is 0 Å². The Morgan fingerprint density at radius 1 is 1.25 bits per heavy atom. The van der Waals surface area contributed by atoms with Crippen LogP contribution in [0.2, 0.25) is 0 Å². The lowest BCUT2D eigenvalue weighted by Gasteiger charge is -1.96. The first-order chi connectivity index (χ1) is 5.70. The fraction of sp³-hybridized carbons (Fsp3) is 0.500. The maximum atomic E-state index is 10.7. The van der Waals surface area contributed by atoms with Crippen LogP contribution in [-0.2, 0) is 19.1 Å². The first-order valence-corrected chi connectivity index (χ1v) is 3.63. The van der Waals surface area contributed by atoms with E-state index in [1.807, 2.05) is 6.92 Å². The minimum Gasteiger partial charge on any atom is -0.466 e. The molecule has 0 unspecified atom stereocenters. The summed E-state index contributed by atoms with van der Waals surface area (Å²) in [7, 11) is 1.24. The minimum atomic E-state index is -0.566. The number of hydrogen-bond acceptors (Lipinski definition) is 4. The highest BCUT2D eigenvalue weighted by Crippen LogP contribution is 1.85. The van der Waals surface area contributed by atoms with E-state index in [1.54, 1.807) is 0 Å². The Balaban J connectivity index is 3.67. The van der Waals surface area contributed by atoms with E-state index in [0.717, 1.165) is 18.6 Å². The normalized spacial score (nSPS) is 9.83. The van der Waals surface area contributed by atoms with E-state index in [9.17, 15) is 9.59 Å². The number of methoxy groups -OCH3 is 1. The molecule has 0 aromatic carbocycles. The SMILES string of the molecule is CCCOC(=O)C=CC(=O)OC. The molecule has 0 saturated heterocycles. The first kappa shape index (κ1) is 10.7. The van der Waals surface area contributed by atoms with Gasteiger partial charge in [-0.3, -0.25) is 0 Å². The minimum absolute atomic E-state index is 0.365. The van der Waals surface area contributed by atoms with Crippen LogP contribution in [0.1, 0.15) is 13.3 Å². The highest BCUT2D eigenvalue weighted by Gasteiger charge is 1.97. The van der Waals surface area contributed by atoms with Crippen molar-refractivity contribution in [2.24, 2.45) is 0 Å². The number of carbonyl (C=O) groups is 2. The molecule has 0 radical (unpaired) electrons. The Labute approximate surface area is 71.2 Å². The van der Waals surface area contributed by atoms with Crippen LogP contribution in [0.4, 0.5) is 0 Å². The Morgan fingerprint density at radius 2 is 1.83 bits per heavy atom. The molecule has 12 heavy (non-hydrogen) atoms. The molecule has 4 nitrogen and oxygen atoms in total. The average Bonchev–Trinajstić information content (AvgIpc) is 2.10. The van der Waals surface area contributed by atoms with Gasteiger partial charge in [-0.2, -0.15) is 0 Å². The number of ether oxygens (including phenoxy) is 2. The zero-order valence-electron chi connectivity index (χ0n) is 7.20. The van der Waals surface area contributed by atoms with Gasteiger partial charge in [-0.15, -0.1) is 0 Å². The molecule has 0 fully saturated rings. The van der Waals surface area contributed by atoms with Crippen LogP contribution in [0.5, 0.6) is 0 Å². The number of hydrogen-bond donors (Lipinski definition) is 0. The molecule has 0 rings (SSSR count). The topological polar surface area (TPSA) is 52.6 Å². The average molecular weight is 172 g/mol.